The highest BCUT2D eigenvalue weighted by atomic mass is 32.1. The van der Waals surface area contributed by atoms with Gasteiger partial charge in [0.2, 0.25) is 0 Å². The number of nitrogens with zero attached hydrogens (tertiary/aromatic N) is 1. The summed E-state index contributed by atoms with van der Waals surface area (Å²) in [6.45, 7) is 4.53. The maximum Gasteiger partial charge on any atom is 0.0794 e. The van der Waals surface area contributed by atoms with Gasteiger partial charge in [0.05, 0.1) is 11.1 Å². The van der Waals surface area contributed by atoms with E-state index in [4.69, 9.17) is 0 Å². The Morgan fingerprint density at radius 3 is 3.06 bits per heavy atom. The van der Waals surface area contributed by atoms with E-state index >= 15 is 0 Å². The van der Waals surface area contributed by atoms with Crippen molar-refractivity contribution in [1.82, 2.24) is 4.98 Å². The molecule has 1 aliphatic carbocycles. The largest absolute Gasteiger partial charge is 0.390 e. The highest BCUT2D eigenvalue weighted by Crippen LogP contribution is 2.38. The van der Waals surface area contributed by atoms with E-state index in [9.17, 15) is 5.11 Å². The van der Waals surface area contributed by atoms with E-state index < -0.39 is 5.60 Å². The smallest absolute Gasteiger partial charge is 0.0794 e. The Morgan fingerprint density at radius 1 is 1.62 bits per heavy atom. The number of rotatable bonds is 3. The number of aromatic nitrogens is 1. The van der Waals surface area contributed by atoms with Crippen LogP contribution in [-0.4, -0.2) is 15.7 Å². The summed E-state index contributed by atoms with van der Waals surface area (Å²) in [5.41, 5.74) is 1.38. The maximum atomic E-state index is 10.6. The van der Waals surface area contributed by atoms with Gasteiger partial charge in [0.25, 0.3) is 0 Å². The first-order chi connectivity index (χ1) is 7.59. The molecule has 2 rings (SSSR count). The highest BCUT2D eigenvalue weighted by molar-refractivity contribution is 7.09. The number of hydrogen-bond donors (Lipinski definition) is 1. The molecule has 1 fully saturated rings. The van der Waals surface area contributed by atoms with Crippen LogP contribution in [0.3, 0.4) is 0 Å². The van der Waals surface area contributed by atoms with Gasteiger partial charge in [-0.3, -0.25) is 4.98 Å². The van der Waals surface area contributed by atoms with Crippen molar-refractivity contribution in [3.8, 4) is 0 Å². The Labute approximate surface area is 102 Å². The number of aliphatic hydroxyl groups is 1. The summed E-state index contributed by atoms with van der Waals surface area (Å²) in [6, 6.07) is 0. The van der Waals surface area contributed by atoms with Crippen LogP contribution in [0.1, 0.15) is 44.4 Å². The second-order valence-corrected chi connectivity index (χ2v) is 6.44. The lowest BCUT2D eigenvalue weighted by Gasteiger charge is -2.38. The van der Waals surface area contributed by atoms with Gasteiger partial charge < -0.3 is 5.11 Å². The molecule has 0 amide bonds. The van der Waals surface area contributed by atoms with Gasteiger partial charge >= 0.3 is 0 Å². The highest BCUT2D eigenvalue weighted by Gasteiger charge is 2.35. The van der Waals surface area contributed by atoms with Crippen molar-refractivity contribution >= 4 is 11.3 Å². The molecule has 1 aromatic heterocycles. The van der Waals surface area contributed by atoms with Gasteiger partial charge in [-0.05, 0) is 31.1 Å². The molecule has 3 heteroatoms. The predicted octanol–water partition coefficient (Wildman–Crippen LogP) is 3.26. The molecule has 2 atom stereocenters. The molecule has 0 aromatic carbocycles. The van der Waals surface area contributed by atoms with Crippen molar-refractivity contribution in [3.05, 3.63) is 16.6 Å². The van der Waals surface area contributed by atoms with E-state index in [-0.39, 0.29) is 0 Å². The molecule has 1 aromatic rings. The Morgan fingerprint density at radius 2 is 2.44 bits per heavy atom. The molecule has 1 heterocycles. The van der Waals surface area contributed by atoms with Crippen LogP contribution in [0.5, 0.6) is 0 Å². The molecule has 0 bridgehead atoms. The quantitative estimate of drug-likeness (QED) is 0.878. The monoisotopic (exact) mass is 239 g/mol. The zero-order valence-electron chi connectivity index (χ0n) is 10.1. The van der Waals surface area contributed by atoms with Crippen molar-refractivity contribution in [2.75, 3.05) is 0 Å². The van der Waals surface area contributed by atoms with Crippen LogP contribution in [0.25, 0.3) is 0 Å². The molecule has 1 saturated carbocycles. The third kappa shape index (κ3) is 2.83. The third-order valence-corrected chi connectivity index (χ3v) is 4.57. The number of thiazole rings is 1. The fourth-order valence-electron chi connectivity index (χ4n) is 2.77. The molecule has 0 saturated heterocycles. The molecular weight excluding hydrogens is 218 g/mol. The summed E-state index contributed by atoms with van der Waals surface area (Å²) >= 11 is 1.65. The summed E-state index contributed by atoms with van der Waals surface area (Å²) in [7, 11) is 0. The van der Waals surface area contributed by atoms with Crippen LogP contribution in [0.4, 0.5) is 0 Å². The van der Waals surface area contributed by atoms with Crippen molar-refractivity contribution in [3.63, 3.8) is 0 Å². The first-order valence-electron chi connectivity index (χ1n) is 6.19. The minimum absolute atomic E-state index is 0.472. The van der Waals surface area contributed by atoms with Gasteiger partial charge in [-0.25, -0.2) is 0 Å². The van der Waals surface area contributed by atoms with Gasteiger partial charge in [0, 0.05) is 17.5 Å². The summed E-state index contributed by atoms with van der Waals surface area (Å²) in [5, 5.41) is 10.6. The van der Waals surface area contributed by atoms with E-state index in [2.05, 4.69) is 18.8 Å². The van der Waals surface area contributed by atoms with Crippen LogP contribution in [0, 0.1) is 11.8 Å². The van der Waals surface area contributed by atoms with E-state index in [0.717, 1.165) is 25.7 Å². The van der Waals surface area contributed by atoms with Crippen molar-refractivity contribution in [2.24, 2.45) is 11.8 Å². The lowest BCUT2D eigenvalue weighted by Crippen LogP contribution is -2.38. The molecule has 2 nitrogen and oxygen atoms in total. The molecule has 1 aliphatic rings. The first-order valence-corrected chi connectivity index (χ1v) is 7.07. The summed E-state index contributed by atoms with van der Waals surface area (Å²) in [4.78, 5) is 5.30. The average molecular weight is 239 g/mol. The fraction of sp³-hybridized carbons (Fsp3) is 0.769. The summed E-state index contributed by atoms with van der Waals surface area (Å²) in [6.07, 6.45) is 7.04. The Hall–Kier alpha value is -0.410. The van der Waals surface area contributed by atoms with E-state index in [1.807, 2.05) is 11.7 Å². The second-order valence-electron chi connectivity index (χ2n) is 5.47. The van der Waals surface area contributed by atoms with Crippen LogP contribution in [0.15, 0.2) is 11.7 Å². The Kier molecular flexibility index (Phi) is 3.65. The van der Waals surface area contributed by atoms with Crippen molar-refractivity contribution < 1.29 is 5.11 Å². The zero-order chi connectivity index (χ0) is 11.6. The van der Waals surface area contributed by atoms with Crippen LogP contribution in [0.2, 0.25) is 0 Å². The maximum absolute atomic E-state index is 10.6. The topological polar surface area (TPSA) is 33.1 Å². The molecular formula is C13H21NOS. The fourth-order valence-corrected chi connectivity index (χ4v) is 3.50. The van der Waals surface area contributed by atoms with Crippen LogP contribution in [-0.2, 0) is 6.42 Å². The molecule has 90 valence electrons. The molecule has 2 unspecified atom stereocenters. The third-order valence-electron chi connectivity index (χ3n) is 3.79. The minimum Gasteiger partial charge on any atom is -0.390 e. The molecule has 0 radical (unpaired) electrons. The van der Waals surface area contributed by atoms with Gasteiger partial charge in [0.15, 0.2) is 0 Å². The molecule has 1 N–H and O–H groups in total. The Balaban J connectivity index is 2.01. The van der Waals surface area contributed by atoms with Gasteiger partial charge in [-0.1, -0.05) is 20.3 Å². The lowest BCUT2D eigenvalue weighted by molar-refractivity contribution is -0.0234. The molecule has 16 heavy (non-hydrogen) atoms. The molecule has 0 spiro atoms. The Bertz CT molecular complexity index is 323. The van der Waals surface area contributed by atoms with Crippen LogP contribution >= 0.6 is 11.3 Å². The summed E-state index contributed by atoms with van der Waals surface area (Å²) in [5.74, 6) is 1.37. The van der Waals surface area contributed by atoms with Gasteiger partial charge in [-0.2, -0.15) is 0 Å². The average Bonchev–Trinajstić information content (AvgIpc) is 2.69. The van der Waals surface area contributed by atoms with E-state index in [1.54, 1.807) is 11.3 Å². The first kappa shape index (κ1) is 12.1. The predicted molar refractivity (Wildman–Crippen MR) is 67.6 cm³/mol. The normalized spacial score (nSPS) is 30.9. The van der Waals surface area contributed by atoms with Crippen molar-refractivity contribution in [1.29, 1.82) is 0 Å². The zero-order valence-corrected chi connectivity index (χ0v) is 11.0. The van der Waals surface area contributed by atoms with E-state index in [0.29, 0.717) is 11.8 Å². The molecule has 0 aliphatic heterocycles. The SMILES string of the molecule is CC(C)C1CCCC(O)(Cc2cncs2)C1. The minimum atomic E-state index is -0.472. The lowest BCUT2D eigenvalue weighted by atomic mass is 9.72. The van der Waals surface area contributed by atoms with Gasteiger partial charge in [0.1, 0.15) is 0 Å². The summed E-state index contributed by atoms with van der Waals surface area (Å²) < 4.78 is 0. The van der Waals surface area contributed by atoms with Gasteiger partial charge in [-0.15, -0.1) is 11.3 Å². The second kappa shape index (κ2) is 4.84. The standard InChI is InChI=1S/C13H21NOS/c1-10(2)11-4-3-5-13(15,6-11)7-12-8-14-9-16-12/h8-11,15H,3-7H2,1-2H3. The van der Waals surface area contributed by atoms with E-state index in [1.165, 1.54) is 11.3 Å². The number of hydrogen-bond acceptors (Lipinski definition) is 3. The van der Waals surface area contributed by atoms with Crippen molar-refractivity contribution in [2.45, 2.75) is 51.6 Å². The van der Waals surface area contributed by atoms with Crippen LogP contribution < -0.4 is 0 Å².